The average Bonchev–Trinajstić information content (AvgIpc) is 2.81. The van der Waals surface area contributed by atoms with Crippen molar-refractivity contribution >= 4 is 17.4 Å². The molecule has 3 nitrogen and oxygen atoms in total. The Morgan fingerprint density at radius 3 is 2.86 bits per heavy atom. The molecule has 0 aromatic carbocycles. The molecule has 2 rings (SSSR count). The number of hydrogen-bond donors (Lipinski definition) is 0. The number of ether oxygens (including phenoxy) is 1. The Bertz CT molecular complexity index is 655. The van der Waals surface area contributed by atoms with Gasteiger partial charge in [0.1, 0.15) is 5.03 Å². The van der Waals surface area contributed by atoms with Gasteiger partial charge in [0.05, 0.1) is 18.1 Å². The summed E-state index contributed by atoms with van der Waals surface area (Å²) in [6.07, 6.45) is 8.84. The maximum atomic E-state index is 5.92. The molecular formula is C17H22N2OS. The van der Waals surface area contributed by atoms with Gasteiger partial charge in [-0.2, -0.15) is 0 Å². The molecule has 2 heterocycles. The summed E-state index contributed by atoms with van der Waals surface area (Å²) in [4.78, 5) is 4.67. The molecule has 0 unspecified atom stereocenters. The second-order valence-corrected chi connectivity index (χ2v) is 6.01. The van der Waals surface area contributed by atoms with Crippen LogP contribution in [0.15, 0.2) is 17.2 Å². The molecule has 0 saturated carbocycles. The van der Waals surface area contributed by atoms with Crippen molar-refractivity contribution in [2.45, 2.75) is 45.1 Å². The molecular weight excluding hydrogens is 280 g/mol. The van der Waals surface area contributed by atoms with Gasteiger partial charge in [0, 0.05) is 5.69 Å². The first-order chi connectivity index (χ1) is 10.2. The van der Waals surface area contributed by atoms with E-state index in [9.17, 15) is 0 Å². The predicted molar refractivity (Wildman–Crippen MR) is 89.2 cm³/mol. The van der Waals surface area contributed by atoms with Gasteiger partial charge in [-0.3, -0.25) is 4.40 Å². The van der Waals surface area contributed by atoms with Gasteiger partial charge < -0.3 is 4.74 Å². The summed E-state index contributed by atoms with van der Waals surface area (Å²) in [6, 6.07) is 4.09. The van der Waals surface area contributed by atoms with E-state index in [0.717, 1.165) is 40.8 Å². The number of imidazole rings is 1. The molecule has 0 fully saturated rings. The first kappa shape index (κ1) is 15.8. The predicted octanol–water partition coefficient (Wildman–Crippen LogP) is 4.25. The van der Waals surface area contributed by atoms with Crippen LogP contribution in [0.1, 0.15) is 37.6 Å². The van der Waals surface area contributed by atoms with E-state index >= 15 is 0 Å². The minimum Gasteiger partial charge on any atom is -0.490 e. The molecule has 0 aliphatic heterocycles. The Kier molecular flexibility index (Phi) is 5.58. The van der Waals surface area contributed by atoms with Gasteiger partial charge in [-0.05, 0) is 32.4 Å². The number of terminal acetylenes is 1. The van der Waals surface area contributed by atoms with Crippen LogP contribution < -0.4 is 4.74 Å². The van der Waals surface area contributed by atoms with Crippen LogP contribution in [0.2, 0.25) is 0 Å². The number of nitrogens with zero attached hydrogens (tertiary/aromatic N) is 2. The fraction of sp³-hybridized carbons (Fsp3) is 0.471. The Labute approximate surface area is 131 Å². The first-order valence-electron chi connectivity index (χ1n) is 7.36. The van der Waals surface area contributed by atoms with Gasteiger partial charge in [0.15, 0.2) is 11.4 Å². The highest BCUT2D eigenvalue weighted by Gasteiger charge is 2.14. The molecule has 2 aromatic heterocycles. The van der Waals surface area contributed by atoms with Crippen LogP contribution >= 0.6 is 11.8 Å². The third-order valence-corrected chi connectivity index (χ3v) is 4.41. The second-order valence-electron chi connectivity index (χ2n) is 5.05. The van der Waals surface area contributed by atoms with E-state index in [4.69, 9.17) is 11.2 Å². The third-order valence-electron chi connectivity index (χ3n) is 3.34. The van der Waals surface area contributed by atoms with Crippen molar-refractivity contribution in [1.82, 2.24) is 9.38 Å². The van der Waals surface area contributed by atoms with Gasteiger partial charge in [-0.15, -0.1) is 6.42 Å². The van der Waals surface area contributed by atoms with E-state index in [2.05, 4.69) is 35.2 Å². The fourth-order valence-electron chi connectivity index (χ4n) is 2.28. The second kappa shape index (κ2) is 7.42. The van der Waals surface area contributed by atoms with Crippen LogP contribution in [-0.2, 0) is 0 Å². The van der Waals surface area contributed by atoms with Gasteiger partial charge in [-0.1, -0.05) is 37.4 Å². The van der Waals surface area contributed by atoms with Gasteiger partial charge in [0.2, 0.25) is 0 Å². The molecule has 2 aromatic rings. The number of unbranched alkanes of at least 4 members (excludes halogenated alkanes) is 2. The summed E-state index contributed by atoms with van der Waals surface area (Å²) < 4.78 is 8.06. The molecule has 0 aliphatic carbocycles. The Morgan fingerprint density at radius 2 is 2.14 bits per heavy atom. The lowest BCUT2D eigenvalue weighted by Crippen LogP contribution is -2.01. The maximum absolute atomic E-state index is 5.92. The topological polar surface area (TPSA) is 26.5 Å². The summed E-state index contributed by atoms with van der Waals surface area (Å²) in [7, 11) is 0. The highest BCUT2D eigenvalue weighted by molar-refractivity contribution is 7.99. The van der Waals surface area contributed by atoms with E-state index < -0.39 is 0 Å². The molecule has 112 valence electrons. The maximum Gasteiger partial charge on any atom is 0.181 e. The molecule has 0 bridgehead atoms. The van der Waals surface area contributed by atoms with Crippen LogP contribution in [-0.4, -0.2) is 21.7 Å². The normalized spacial score (nSPS) is 10.8. The highest BCUT2D eigenvalue weighted by atomic mass is 32.2. The van der Waals surface area contributed by atoms with Crippen molar-refractivity contribution in [3.63, 3.8) is 0 Å². The lowest BCUT2D eigenvalue weighted by Gasteiger charge is -2.10. The van der Waals surface area contributed by atoms with Gasteiger partial charge in [-0.25, -0.2) is 4.98 Å². The van der Waals surface area contributed by atoms with Crippen molar-refractivity contribution in [3.8, 4) is 18.1 Å². The molecule has 0 atom stereocenters. The number of aromatic nitrogens is 2. The zero-order chi connectivity index (χ0) is 15.2. The van der Waals surface area contributed by atoms with Crippen molar-refractivity contribution in [1.29, 1.82) is 0 Å². The summed E-state index contributed by atoms with van der Waals surface area (Å²) in [5.41, 5.74) is 3.04. The van der Waals surface area contributed by atoms with E-state index in [0.29, 0.717) is 5.75 Å². The number of hydrogen-bond acceptors (Lipinski definition) is 3. The van der Waals surface area contributed by atoms with Crippen molar-refractivity contribution in [2.24, 2.45) is 0 Å². The summed E-state index contributed by atoms with van der Waals surface area (Å²) in [5.74, 6) is 4.17. The molecule has 0 N–H and O–H groups in total. The van der Waals surface area contributed by atoms with Crippen LogP contribution in [0.5, 0.6) is 5.75 Å². The summed E-state index contributed by atoms with van der Waals surface area (Å²) in [6.45, 7) is 7.03. The van der Waals surface area contributed by atoms with Crippen molar-refractivity contribution < 1.29 is 4.74 Å². The fourth-order valence-corrected chi connectivity index (χ4v) is 3.11. The minimum absolute atomic E-state index is 0.648. The summed E-state index contributed by atoms with van der Waals surface area (Å²) in [5, 5.41) is 1.11. The lowest BCUT2D eigenvalue weighted by molar-refractivity contribution is 0.308. The quantitative estimate of drug-likeness (QED) is 0.434. The monoisotopic (exact) mass is 302 g/mol. The van der Waals surface area contributed by atoms with Crippen LogP contribution in [0, 0.1) is 26.2 Å². The zero-order valence-corrected chi connectivity index (χ0v) is 13.8. The Morgan fingerprint density at radius 1 is 1.33 bits per heavy atom. The Balaban J connectivity index is 2.32. The number of pyridine rings is 1. The average molecular weight is 302 g/mol. The standard InChI is InChI=1S/C17H22N2OS/c1-5-7-8-11-20-15-10-9-13(3)19-16(15)18-14(4)17(19)21-12-6-2/h2,9-10H,5,7-8,11-12H2,1,3-4H3. The minimum atomic E-state index is 0.648. The first-order valence-corrected chi connectivity index (χ1v) is 8.35. The van der Waals surface area contributed by atoms with Crippen molar-refractivity contribution in [3.05, 3.63) is 23.5 Å². The van der Waals surface area contributed by atoms with E-state index in [1.165, 1.54) is 12.8 Å². The number of rotatable bonds is 7. The van der Waals surface area contributed by atoms with Crippen molar-refractivity contribution in [2.75, 3.05) is 12.4 Å². The van der Waals surface area contributed by atoms with Gasteiger partial charge in [0.25, 0.3) is 0 Å². The molecule has 0 amide bonds. The molecule has 4 heteroatoms. The number of aryl methyl sites for hydroxylation is 2. The third kappa shape index (κ3) is 3.54. The van der Waals surface area contributed by atoms with Crippen LogP contribution in [0.4, 0.5) is 0 Å². The van der Waals surface area contributed by atoms with E-state index in [1.54, 1.807) is 11.8 Å². The zero-order valence-electron chi connectivity index (χ0n) is 13.0. The number of fused-ring (bicyclic) bond motifs is 1. The molecule has 0 radical (unpaired) electrons. The van der Waals surface area contributed by atoms with Gasteiger partial charge >= 0.3 is 0 Å². The smallest absolute Gasteiger partial charge is 0.181 e. The van der Waals surface area contributed by atoms with Crippen LogP contribution in [0.3, 0.4) is 0 Å². The van der Waals surface area contributed by atoms with E-state index in [1.807, 2.05) is 13.0 Å². The van der Waals surface area contributed by atoms with E-state index in [-0.39, 0.29) is 0 Å². The molecule has 0 aliphatic rings. The largest absolute Gasteiger partial charge is 0.490 e. The molecule has 21 heavy (non-hydrogen) atoms. The van der Waals surface area contributed by atoms with Crippen LogP contribution in [0.25, 0.3) is 5.65 Å². The molecule has 0 saturated heterocycles. The Hall–Kier alpha value is -1.60. The number of thioether (sulfide) groups is 1. The lowest BCUT2D eigenvalue weighted by atomic mass is 10.3. The highest BCUT2D eigenvalue weighted by Crippen LogP contribution is 2.30. The molecule has 0 spiro atoms. The SMILES string of the molecule is C#CCSc1c(C)nc2c(OCCCCC)ccc(C)n12. The summed E-state index contributed by atoms with van der Waals surface area (Å²) >= 11 is 1.65.